The molecule has 0 N–H and O–H groups in total. The number of hydrogen-bond donors (Lipinski definition) is 0. The van der Waals surface area contributed by atoms with E-state index in [4.69, 9.17) is 4.74 Å². The van der Waals surface area contributed by atoms with E-state index < -0.39 is 0 Å². The number of fused-ring (bicyclic) bond motifs is 1. The molecule has 0 atom stereocenters. The number of pyridine rings is 1. The molecule has 4 nitrogen and oxygen atoms in total. The number of benzene rings is 1. The molecule has 2 aromatic rings. The van der Waals surface area contributed by atoms with Crippen LogP contribution in [0.15, 0.2) is 29.1 Å². The third kappa shape index (κ3) is 2.01. The van der Waals surface area contributed by atoms with Gasteiger partial charge in [-0.25, -0.2) is 4.79 Å². The Labute approximate surface area is 105 Å². The molecule has 1 aromatic heterocycles. The van der Waals surface area contributed by atoms with Crippen molar-refractivity contribution in [2.45, 2.75) is 13.8 Å². The van der Waals surface area contributed by atoms with Gasteiger partial charge in [0.15, 0.2) is 0 Å². The fourth-order valence-electron chi connectivity index (χ4n) is 1.88. The van der Waals surface area contributed by atoms with Gasteiger partial charge in [-0.15, -0.1) is 0 Å². The second kappa shape index (κ2) is 4.64. The van der Waals surface area contributed by atoms with Gasteiger partial charge in [-0.2, -0.15) is 0 Å². The minimum atomic E-state index is -0.363. The zero-order chi connectivity index (χ0) is 13.3. The molecular weight excluding hydrogens is 230 g/mol. The van der Waals surface area contributed by atoms with Gasteiger partial charge in [0.25, 0.3) is 5.56 Å². The highest BCUT2D eigenvalue weighted by Crippen LogP contribution is 2.15. The van der Waals surface area contributed by atoms with Gasteiger partial charge in [0, 0.05) is 18.1 Å². The molecule has 94 valence electrons. The van der Waals surface area contributed by atoms with Crippen molar-refractivity contribution < 1.29 is 9.53 Å². The Balaban J connectivity index is 2.63. The molecule has 0 bridgehead atoms. The van der Waals surface area contributed by atoms with E-state index in [2.05, 4.69) is 0 Å². The number of hydrogen-bond acceptors (Lipinski definition) is 3. The SMILES string of the molecule is CCOC(=O)c1ccc2c(=O)n(C)c(C)cc2c1. The average Bonchev–Trinajstić information content (AvgIpc) is 2.36. The average molecular weight is 245 g/mol. The van der Waals surface area contributed by atoms with Gasteiger partial charge in [-0.3, -0.25) is 4.79 Å². The van der Waals surface area contributed by atoms with Crippen molar-refractivity contribution in [3.63, 3.8) is 0 Å². The van der Waals surface area contributed by atoms with E-state index in [1.54, 1.807) is 36.7 Å². The highest BCUT2D eigenvalue weighted by atomic mass is 16.5. The molecule has 0 aliphatic rings. The Bertz CT molecular complexity index is 671. The predicted molar refractivity (Wildman–Crippen MR) is 69.9 cm³/mol. The molecular formula is C14H15NO3. The summed E-state index contributed by atoms with van der Waals surface area (Å²) >= 11 is 0. The van der Waals surface area contributed by atoms with Crippen LogP contribution in [0.3, 0.4) is 0 Å². The largest absolute Gasteiger partial charge is 0.462 e. The smallest absolute Gasteiger partial charge is 0.338 e. The molecule has 0 aliphatic carbocycles. The Morgan fingerprint density at radius 3 is 2.72 bits per heavy atom. The molecule has 4 heteroatoms. The molecule has 0 amide bonds. The molecule has 0 saturated carbocycles. The monoisotopic (exact) mass is 245 g/mol. The summed E-state index contributed by atoms with van der Waals surface area (Å²) in [5.74, 6) is -0.363. The molecule has 0 fully saturated rings. The lowest BCUT2D eigenvalue weighted by Crippen LogP contribution is -2.19. The van der Waals surface area contributed by atoms with Crippen LogP contribution in [-0.4, -0.2) is 17.1 Å². The zero-order valence-corrected chi connectivity index (χ0v) is 10.7. The Hall–Kier alpha value is -2.10. The van der Waals surface area contributed by atoms with Crippen molar-refractivity contribution in [3.05, 3.63) is 45.9 Å². The topological polar surface area (TPSA) is 48.3 Å². The molecule has 0 saturated heterocycles. The second-order valence-corrected chi connectivity index (χ2v) is 4.17. The Morgan fingerprint density at radius 2 is 2.06 bits per heavy atom. The fourth-order valence-corrected chi connectivity index (χ4v) is 1.88. The maximum Gasteiger partial charge on any atom is 0.338 e. The molecule has 1 aromatic carbocycles. The first-order valence-corrected chi connectivity index (χ1v) is 5.82. The van der Waals surface area contributed by atoms with Crippen LogP contribution in [-0.2, 0) is 11.8 Å². The molecule has 0 aliphatic heterocycles. The first-order valence-electron chi connectivity index (χ1n) is 5.82. The minimum absolute atomic E-state index is 0.0552. The number of carbonyl (C=O) groups is 1. The first kappa shape index (κ1) is 12.4. The van der Waals surface area contributed by atoms with E-state index >= 15 is 0 Å². The Morgan fingerprint density at radius 1 is 1.33 bits per heavy atom. The van der Waals surface area contributed by atoms with Crippen molar-refractivity contribution in [2.75, 3.05) is 6.61 Å². The highest BCUT2D eigenvalue weighted by Gasteiger charge is 2.09. The molecule has 18 heavy (non-hydrogen) atoms. The van der Waals surface area contributed by atoms with Crippen LogP contribution in [0.1, 0.15) is 23.0 Å². The number of rotatable bonds is 2. The standard InChI is InChI=1S/C14H15NO3/c1-4-18-14(17)10-5-6-12-11(8-10)7-9(2)15(3)13(12)16/h5-8H,4H2,1-3H3. The van der Waals surface area contributed by atoms with Crippen molar-refractivity contribution in [1.82, 2.24) is 4.57 Å². The van der Waals surface area contributed by atoms with E-state index in [-0.39, 0.29) is 11.5 Å². The van der Waals surface area contributed by atoms with Crippen molar-refractivity contribution >= 4 is 16.7 Å². The summed E-state index contributed by atoms with van der Waals surface area (Å²) in [4.78, 5) is 23.6. The van der Waals surface area contributed by atoms with E-state index in [1.165, 1.54) is 0 Å². The van der Waals surface area contributed by atoms with E-state index in [0.717, 1.165) is 11.1 Å². The van der Waals surface area contributed by atoms with E-state index in [9.17, 15) is 9.59 Å². The van der Waals surface area contributed by atoms with Crippen molar-refractivity contribution in [3.8, 4) is 0 Å². The zero-order valence-electron chi connectivity index (χ0n) is 10.7. The Kier molecular flexibility index (Phi) is 3.19. The summed E-state index contributed by atoms with van der Waals surface area (Å²) in [6.07, 6.45) is 0. The number of aryl methyl sites for hydroxylation is 1. The fraction of sp³-hybridized carbons (Fsp3) is 0.286. The molecule has 0 radical (unpaired) electrons. The van der Waals surface area contributed by atoms with Crippen LogP contribution in [0.5, 0.6) is 0 Å². The van der Waals surface area contributed by atoms with Crippen LogP contribution >= 0.6 is 0 Å². The van der Waals surface area contributed by atoms with Crippen LogP contribution in [0.2, 0.25) is 0 Å². The van der Waals surface area contributed by atoms with Crippen LogP contribution in [0, 0.1) is 6.92 Å². The maximum absolute atomic E-state index is 12.0. The maximum atomic E-state index is 12.0. The third-order valence-electron chi connectivity index (χ3n) is 2.99. The van der Waals surface area contributed by atoms with Gasteiger partial charge < -0.3 is 9.30 Å². The summed E-state index contributed by atoms with van der Waals surface area (Å²) < 4.78 is 6.53. The molecule has 0 spiro atoms. The highest BCUT2D eigenvalue weighted by molar-refractivity contribution is 5.95. The van der Waals surface area contributed by atoms with Gasteiger partial charge in [-0.05, 0) is 43.5 Å². The predicted octanol–water partition coefficient (Wildman–Crippen LogP) is 2.02. The van der Waals surface area contributed by atoms with Gasteiger partial charge in [0.05, 0.1) is 12.2 Å². The molecule has 1 heterocycles. The second-order valence-electron chi connectivity index (χ2n) is 4.17. The van der Waals surface area contributed by atoms with Crippen molar-refractivity contribution in [2.24, 2.45) is 7.05 Å². The lowest BCUT2D eigenvalue weighted by atomic mass is 10.1. The van der Waals surface area contributed by atoms with Crippen LogP contribution in [0.4, 0.5) is 0 Å². The van der Waals surface area contributed by atoms with Gasteiger partial charge >= 0.3 is 5.97 Å². The van der Waals surface area contributed by atoms with Crippen molar-refractivity contribution in [1.29, 1.82) is 0 Å². The summed E-state index contributed by atoms with van der Waals surface area (Å²) in [5.41, 5.74) is 1.27. The summed E-state index contributed by atoms with van der Waals surface area (Å²) in [5, 5.41) is 1.37. The lowest BCUT2D eigenvalue weighted by molar-refractivity contribution is 0.0526. The molecule has 2 rings (SSSR count). The van der Waals surface area contributed by atoms with Gasteiger partial charge in [-0.1, -0.05) is 0 Å². The summed E-state index contributed by atoms with van der Waals surface area (Å²) in [7, 11) is 1.73. The first-order chi connectivity index (χ1) is 8.54. The normalized spacial score (nSPS) is 10.6. The number of carbonyl (C=O) groups excluding carboxylic acids is 1. The quantitative estimate of drug-likeness (QED) is 0.760. The van der Waals surface area contributed by atoms with Gasteiger partial charge in [0.2, 0.25) is 0 Å². The number of esters is 1. The lowest BCUT2D eigenvalue weighted by Gasteiger charge is -2.07. The number of nitrogens with zero attached hydrogens (tertiary/aromatic N) is 1. The van der Waals surface area contributed by atoms with Crippen LogP contribution < -0.4 is 5.56 Å². The van der Waals surface area contributed by atoms with Gasteiger partial charge in [0.1, 0.15) is 0 Å². The van der Waals surface area contributed by atoms with E-state index in [1.807, 2.05) is 13.0 Å². The number of ether oxygens (including phenoxy) is 1. The third-order valence-corrected chi connectivity index (χ3v) is 2.99. The van der Waals surface area contributed by atoms with Crippen LogP contribution in [0.25, 0.3) is 10.8 Å². The summed E-state index contributed by atoms with van der Waals surface area (Å²) in [6, 6.07) is 6.88. The van der Waals surface area contributed by atoms with E-state index in [0.29, 0.717) is 17.6 Å². The molecule has 0 unspecified atom stereocenters. The summed E-state index contributed by atoms with van der Waals surface area (Å²) in [6.45, 7) is 3.96. The number of aromatic nitrogens is 1. The minimum Gasteiger partial charge on any atom is -0.462 e.